The molecule has 4 nitrogen and oxygen atoms in total. The predicted octanol–water partition coefficient (Wildman–Crippen LogP) is 4.20. The van der Waals surface area contributed by atoms with Crippen LogP contribution >= 0.6 is 12.1 Å². The van der Waals surface area contributed by atoms with E-state index in [2.05, 4.69) is 51.8 Å². The van der Waals surface area contributed by atoms with Gasteiger partial charge in [0.05, 0.1) is 0 Å². The van der Waals surface area contributed by atoms with Crippen LogP contribution in [0.4, 0.5) is 0 Å². The number of nitrogens with zero attached hydrogens (tertiary/aromatic N) is 4. The van der Waals surface area contributed by atoms with Crippen LogP contribution in [0.25, 0.3) is 10.4 Å². The van der Waals surface area contributed by atoms with Crippen LogP contribution in [0.15, 0.2) is 34.9 Å². The molecule has 1 aromatic carbocycles. The summed E-state index contributed by atoms with van der Waals surface area (Å²) in [7, 11) is 0. The van der Waals surface area contributed by atoms with Crippen molar-refractivity contribution in [1.82, 2.24) is 4.31 Å². The third-order valence-corrected chi connectivity index (χ3v) is 3.65. The lowest BCUT2D eigenvalue weighted by Crippen LogP contribution is -2.26. The lowest BCUT2D eigenvalue weighted by atomic mass is 10.1. The highest BCUT2D eigenvalue weighted by atomic mass is 32.2. The molecule has 5 heteroatoms. The van der Waals surface area contributed by atoms with Gasteiger partial charge in [-0.15, -0.1) is 0 Å². The fourth-order valence-electron chi connectivity index (χ4n) is 1.68. The summed E-state index contributed by atoms with van der Waals surface area (Å²) in [6, 6.07) is 10.8. The molecule has 0 bridgehead atoms. The Labute approximate surface area is 107 Å². The van der Waals surface area contributed by atoms with Crippen molar-refractivity contribution in [3.05, 3.63) is 46.3 Å². The lowest BCUT2D eigenvalue weighted by molar-refractivity contribution is 0.370. The van der Waals surface area contributed by atoms with Gasteiger partial charge < -0.3 is 0 Å². The van der Waals surface area contributed by atoms with Gasteiger partial charge in [0.25, 0.3) is 0 Å². The van der Waals surface area contributed by atoms with E-state index in [9.17, 15) is 0 Å². The first-order valence-electron chi connectivity index (χ1n) is 5.80. The van der Waals surface area contributed by atoms with Gasteiger partial charge in [0.1, 0.15) is 0 Å². The van der Waals surface area contributed by atoms with Crippen LogP contribution in [-0.4, -0.2) is 16.9 Å². The zero-order valence-electron chi connectivity index (χ0n) is 10.3. The van der Waals surface area contributed by atoms with Crippen molar-refractivity contribution in [3.63, 3.8) is 0 Å². The zero-order valence-corrected chi connectivity index (χ0v) is 11.1. The van der Waals surface area contributed by atoms with Gasteiger partial charge in [-0.25, -0.2) is 4.31 Å². The van der Waals surface area contributed by atoms with Gasteiger partial charge >= 0.3 is 0 Å². The topological polar surface area (TPSA) is 52.0 Å². The van der Waals surface area contributed by atoms with Crippen LogP contribution in [0.1, 0.15) is 25.8 Å². The summed E-state index contributed by atoms with van der Waals surface area (Å²) in [6.07, 6.45) is 2.11. The highest BCUT2D eigenvalue weighted by Gasteiger charge is 2.11. The van der Waals surface area contributed by atoms with E-state index in [1.807, 2.05) is 6.07 Å². The van der Waals surface area contributed by atoms with Crippen LogP contribution in [0.3, 0.4) is 0 Å². The molecule has 0 saturated heterocycles. The second-order valence-electron chi connectivity index (χ2n) is 3.86. The fraction of sp³-hybridized carbons (Fsp3) is 0.500. The van der Waals surface area contributed by atoms with Crippen molar-refractivity contribution >= 4 is 12.1 Å². The van der Waals surface area contributed by atoms with Gasteiger partial charge in [0.2, 0.25) is 0 Å². The fourth-order valence-corrected chi connectivity index (χ4v) is 2.19. The van der Waals surface area contributed by atoms with Gasteiger partial charge in [0, 0.05) is 29.6 Å². The van der Waals surface area contributed by atoms with E-state index in [0.29, 0.717) is 6.04 Å². The van der Waals surface area contributed by atoms with Gasteiger partial charge in [-0.1, -0.05) is 37.3 Å². The van der Waals surface area contributed by atoms with Crippen LogP contribution in [0.5, 0.6) is 0 Å². The van der Waals surface area contributed by atoms with Gasteiger partial charge in [-0.3, -0.25) is 0 Å². The predicted molar refractivity (Wildman–Crippen MR) is 73.3 cm³/mol. The quantitative estimate of drug-likeness (QED) is 0.315. The molecular formula is C12H18N4S. The molecule has 0 heterocycles. The molecule has 17 heavy (non-hydrogen) atoms. The molecule has 0 N–H and O–H groups in total. The van der Waals surface area contributed by atoms with Crippen LogP contribution in [0, 0.1) is 0 Å². The molecule has 1 aromatic rings. The standard InChI is InChI=1S/C12H18N4S/c1-3-16(17-15-14-13)11(2)9-10-12-7-5-4-6-8-12/h4-8,11H,3,9-10H2,1-2H3. The molecule has 92 valence electrons. The van der Waals surface area contributed by atoms with E-state index in [1.165, 1.54) is 17.7 Å². The summed E-state index contributed by atoms with van der Waals surface area (Å²) in [5.74, 6) is 0. The first kappa shape index (κ1) is 13.9. The van der Waals surface area contributed by atoms with E-state index >= 15 is 0 Å². The number of benzene rings is 1. The largest absolute Gasteiger partial charge is 0.242 e. The highest BCUT2D eigenvalue weighted by molar-refractivity contribution is 7.95. The van der Waals surface area contributed by atoms with Crippen molar-refractivity contribution < 1.29 is 0 Å². The number of aryl methyl sites for hydroxylation is 1. The second-order valence-corrected chi connectivity index (χ2v) is 4.65. The Morgan fingerprint density at radius 3 is 2.71 bits per heavy atom. The Morgan fingerprint density at radius 1 is 1.41 bits per heavy atom. The molecule has 0 aromatic heterocycles. The molecule has 1 rings (SSSR count). The molecular weight excluding hydrogens is 232 g/mol. The number of hydrogen-bond donors (Lipinski definition) is 0. The highest BCUT2D eigenvalue weighted by Crippen LogP contribution is 2.18. The average Bonchev–Trinajstić information content (AvgIpc) is 2.38. The summed E-state index contributed by atoms with van der Waals surface area (Å²) in [5, 5.41) is 0. The van der Waals surface area contributed by atoms with E-state index in [-0.39, 0.29) is 0 Å². The summed E-state index contributed by atoms with van der Waals surface area (Å²) in [4.78, 5) is 2.77. The minimum absolute atomic E-state index is 0.399. The van der Waals surface area contributed by atoms with Crippen molar-refractivity contribution in [2.75, 3.05) is 6.54 Å². The van der Waals surface area contributed by atoms with E-state index in [4.69, 9.17) is 5.53 Å². The minimum Gasteiger partial charge on any atom is -0.242 e. The minimum atomic E-state index is 0.399. The Hall–Kier alpha value is -1.16. The van der Waals surface area contributed by atoms with Crippen molar-refractivity contribution in [2.45, 2.75) is 32.7 Å². The Morgan fingerprint density at radius 2 is 2.12 bits per heavy atom. The maximum atomic E-state index is 8.31. The molecule has 0 aliphatic rings. The molecule has 0 amide bonds. The van der Waals surface area contributed by atoms with Crippen LogP contribution in [0.2, 0.25) is 0 Å². The van der Waals surface area contributed by atoms with E-state index in [0.717, 1.165) is 19.4 Å². The van der Waals surface area contributed by atoms with Crippen molar-refractivity contribution in [1.29, 1.82) is 0 Å². The molecule has 0 fully saturated rings. The van der Waals surface area contributed by atoms with Crippen LogP contribution in [-0.2, 0) is 6.42 Å². The number of hydrogen-bond acceptors (Lipinski definition) is 3. The summed E-state index contributed by atoms with van der Waals surface area (Å²) >= 11 is 1.21. The van der Waals surface area contributed by atoms with Crippen LogP contribution < -0.4 is 0 Å². The number of rotatable bonds is 7. The van der Waals surface area contributed by atoms with Crippen molar-refractivity contribution in [2.24, 2.45) is 4.52 Å². The normalized spacial score (nSPS) is 12.2. The zero-order chi connectivity index (χ0) is 12.5. The maximum Gasteiger partial charge on any atom is 0.0189 e. The summed E-state index contributed by atoms with van der Waals surface area (Å²) in [5.41, 5.74) is 9.66. The van der Waals surface area contributed by atoms with Gasteiger partial charge in [-0.05, 0) is 35.4 Å². The van der Waals surface area contributed by atoms with E-state index < -0.39 is 0 Å². The molecule has 0 aliphatic carbocycles. The Bertz CT molecular complexity index is 362. The van der Waals surface area contributed by atoms with E-state index in [1.54, 1.807) is 0 Å². The molecule has 0 radical (unpaired) electrons. The van der Waals surface area contributed by atoms with Crippen molar-refractivity contribution in [3.8, 4) is 0 Å². The second kappa shape index (κ2) is 8.01. The third kappa shape index (κ3) is 5.13. The molecule has 1 atom stereocenters. The maximum absolute atomic E-state index is 8.31. The monoisotopic (exact) mass is 250 g/mol. The SMILES string of the molecule is CCN(SN=[N+]=[N-])C(C)CCc1ccccc1. The van der Waals surface area contributed by atoms with Gasteiger partial charge in [0.15, 0.2) is 0 Å². The molecule has 1 unspecified atom stereocenters. The first-order chi connectivity index (χ1) is 8.27. The third-order valence-electron chi connectivity index (χ3n) is 2.67. The average molecular weight is 250 g/mol. The Balaban J connectivity index is 2.42. The molecule has 0 saturated carbocycles. The Kier molecular flexibility index (Phi) is 6.55. The summed E-state index contributed by atoms with van der Waals surface area (Å²) in [6.45, 7) is 5.10. The van der Waals surface area contributed by atoms with Gasteiger partial charge in [-0.2, -0.15) is 0 Å². The summed E-state index contributed by atoms with van der Waals surface area (Å²) < 4.78 is 5.64. The molecule has 0 spiro atoms. The smallest absolute Gasteiger partial charge is 0.0189 e. The first-order valence-corrected chi connectivity index (χ1v) is 6.53. The molecule has 0 aliphatic heterocycles. The lowest BCUT2D eigenvalue weighted by Gasteiger charge is -2.24. The number of azide groups is 1.